The van der Waals surface area contributed by atoms with Crippen molar-refractivity contribution in [3.05, 3.63) is 51.5 Å². The summed E-state index contributed by atoms with van der Waals surface area (Å²) in [6.07, 6.45) is 0. The van der Waals surface area contributed by atoms with Crippen LogP contribution in [0, 0.1) is 0 Å². The Labute approximate surface area is 168 Å². The predicted octanol–water partition coefficient (Wildman–Crippen LogP) is 2.79. The number of hydrogen-bond acceptors (Lipinski definition) is 6. The second kappa shape index (κ2) is 7.29. The molecule has 0 radical (unpaired) electrons. The number of hydrogen-bond donors (Lipinski definition) is 1. The number of pyridine rings is 1. The zero-order valence-corrected chi connectivity index (χ0v) is 16.8. The third-order valence-corrected chi connectivity index (χ3v) is 7.14. The number of fused-ring (bicyclic) bond motifs is 5. The fourth-order valence-corrected chi connectivity index (χ4v) is 5.83. The number of para-hydroxylation sites is 1. The zero-order valence-electron chi connectivity index (χ0n) is 15.1. The number of thiophene rings is 1. The van der Waals surface area contributed by atoms with E-state index in [1.807, 2.05) is 35.7 Å². The molecule has 1 fully saturated rings. The van der Waals surface area contributed by atoms with E-state index >= 15 is 0 Å². The molecular weight excluding hydrogens is 394 g/mol. The van der Waals surface area contributed by atoms with E-state index in [9.17, 15) is 9.59 Å². The maximum absolute atomic E-state index is 13.1. The van der Waals surface area contributed by atoms with Crippen LogP contribution >= 0.6 is 22.7 Å². The van der Waals surface area contributed by atoms with Gasteiger partial charge in [-0.2, -0.15) is 0 Å². The van der Waals surface area contributed by atoms with Gasteiger partial charge in [0, 0.05) is 26.2 Å². The highest BCUT2D eigenvalue weighted by molar-refractivity contribution is 7.24. The SMILES string of the molecule is O=C(NCCN1CCOCC1)c1c(=O)c2ccsc2n2c1sc1ccccc12. The Morgan fingerprint density at radius 2 is 1.96 bits per heavy atom. The van der Waals surface area contributed by atoms with Crippen molar-refractivity contribution in [2.24, 2.45) is 0 Å². The van der Waals surface area contributed by atoms with Gasteiger partial charge >= 0.3 is 0 Å². The number of carbonyl (C=O) groups excluding carboxylic acids is 1. The maximum Gasteiger partial charge on any atom is 0.258 e. The summed E-state index contributed by atoms with van der Waals surface area (Å²) >= 11 is 3.02. The second-order valence-corrected chi connectivity index (χ2v) is 8.69. The van der Waals surface area contributed by atoms with E-state index in [4.69, 9.17) is 4.74 Å². The quantitative estimate of drug-likeness (QED) is 0.559. The Bertz CT molecular complexity index is 1230. The largest absolute Gasteiger partial charge is 0.379 e. The van der Waals surface area contributed by atoms with Gasteiger partial charge in [-0.3, -0.25) is 18.9 Å². The number of carbonyl (C=O) groups is 1. The number of ether oxygens (including phenoxy) is 1. The Morgan fingerprint density at radius 3 is 2.82 bits per heavy atom. The number of thiazole rings is 1. The lowest BCUT2D eigenvalue weighted by molar-refractivity contribution is 0.0383. The maximum atomic E-state index is 13.1. The molecule has 5 rings (SSSR count). The molecule has 144 valence electrons. The van der Waals surface area contributed by atoms with E-state index in [0.717, 1.165) is 47.9 Å². The van der Waals surface area contributed by atoms with E-state index in [2.05, 4.69) is 14.6 Å². The van der Waals surface area contributed by atoms with E-state index in [0.29, 0.717) is 16.8 Å². The van der Waals surface area contributed by atoms with Gasteiger partial charge in [-0.15, -0.1) is 22.7 Å². The molecule has 0 unspecified atom stereocenters. The zero-order chi connectivity index (χ0) is 19.1. The van der Waals surface area contributed by atoms with Crippen LogP contribution in [-0.4, -0.2) is 54.6 Å². The van der Waals surface area contributed by atoms with Crippen molar-refractivity contribution in [1.82, 2.24) is 14.6 Å². The molecule has 1 aliphatic heterocycles. The van der Waals surface area contributed by atoms with Crippen LogP contribution in [0.15, 0.2) is 40.5 Å². The molecule has 1 aromatic carbocycles. The van der Waals surface area contributed by atoms with Crippen LogP contribution in [0.1, 0.15) is 10.4 Å². The van der Waals surface area contributed by atoms with E-state index in [1.165, 1.54) is 22.7 Å². The van der Waals surface area contributed by atoms with Crippen LogP contribution in [0.2, 0.25) is 0 Å². The first-order valence-corrected chi connectivity index (χ1v) is 11.0. The third kappa shape index (κ3) is 2.93. The molecule has 1 N–H and O–H groups in total. The Kier molecular flexibility index (Phi) is 4.64. The van der Waals surface area contributed by atoms with E-state index in [-0.39, 0.29) is 16.9 Å². The first-order valence-electron chi connectivity index (χ1n) is 9.26. The van der Waals surface area contributed by atoms with Crippen LogP contribution in [0.5, 0.6) is 0 Å². The summed E-state index contributed by atoms with van der Waals surface area (Å²) in [5, 5.41) is 5.46. The van der Waals surface area contributed by atoms with Crippen LogP contribution < -0.4 is 10.7 Å². The molecule has 6 nitrogen and oxygen atoms in total. The van der Waals surface area contributed by atoms with Crippen LogP contribution in [-0.2, 0) is 4.74 Å². The average molecular weight is 414 g/mol. The lowest BCUT2D eigenvalue weighted by atomic mass is 10.2. The highest BCUT2D eigenvalue weighted by Gasteiger charge is 2.22. The topological polar surface area (TPSA) is 63.1 Å². The normalized spacial score (nSPS) is 15.6. The molecule has 1 saturated heterocycles. The highest BCUT2D eigenvalue weighted by Crippen LogP contribution is 2.32. The fraction of sp³-hybridized carbons (Fsp3) is 0.300. The molecule has 1 aliphatic rings. The predicted molar refractivity (Wildman–Crippen MR) is 114 cm³/mol. The standard InChI is InChI=1S/C20H19N3O3S2/c24-17-13-5-12-27-19(13)23-14-3-1-2-4-15(14)28-20(23)16(17)18(25)21-6-7-22-8-10-26-11-9-22/h1-5,12H,6-11H2,(H,21,25). The molecular formula is C20H19N3O3S2. The lowest BCUT2D eigenvalue weighted by Crippen LogP contribution is -2.41. The summed E-state index contributed by atoms with van der Waals surface area (Å²) in [4.78, 5) is 30.0. The third-order valence-electron chi connectivity index (χ3n) is 5.09. The van der Waals surface area contributed by atoms with Gasteiger partial charge in [0.2, 0.25) is 5.43 Å². The molecule has 0 saturated carbocycles. The van der Waals surface area contributed by atoms with Gasteiger partial charge in [-0.05, 0) is 23.6 Å². The second-order valence-electron chi connectivity index (χ2n) is 6.76. The summed E-state index contributed by atoms with van der Waals surface area (Å²) < 4.78 is 8.47. The molecule has 1 amide bonds. The molecule has 4 heterocycles. The Morgan fingerprint density at radius 1 is 1.14 bits per heavy atom. The minimum atomic E-state index is -0.296. The first kappa shape index (κ1) is 17.8. The number of amides is 1. The Balaban J connectivity index is 1.54. The molecule has 0 spiro atoms. The first-order chi connectivity index (χ1) is 13.7. The number of nitrogens with one attached hydrogen (secondary N) is 1. The number of benzene rings is 1. The van der Waals surface area contributed by atoms with E-state index in [1.54, 1.807) is 0 Å². The molecule has 0 atom stereocenters. The van der Waals surface area contributed by atoms with Crippen molar-refractivity contribution in [2.75, 3.05) is 39.4 Å². The van der Waals surface area contributed by atoms with Crippen molar-refractivity contribution in [2.45, 2.75) is 0 Å². The molecule has 3 aromatic heterocycles. The van der Waals surface area contributed by atoms with Gasteiger partial charge < -0.3 is 10.1 Å². The summed E-state index contributed by atoms with van der Waals surface area (Å²) in [6.45, 7) is 4.47. The van der Waals surface area contributed by atoms with Crippen molar-refractivity contribution in [1.29, 1.82) is 0 Å². The molecule has 28 heavy (non-hydrogen) atoms. The molecule has 8 heteroatoms. The monoisotopic (exact) mass is 413 g/mol. The minimum absolute atomic E-state index is 0.188. The molecule has 0 aliphatic carbocycles. The highest BCUT2D eigenvalue weighted by atomic mass is 32.1. The number of nitrogens with zero attached hydrogens (tertiary/aromatic N) is 2. The summed E-state index contributed by atoms with van der Waals surface area (Å²) in [7, 11) is 0. The smallest absolute Gasteiger partial charge is 0.258 e. The van der Waals surface area contributed by atoms with Crippen molar-refractivity contribution in [3.8, 4) is 0 Å². The molecule has 0 bridgehead atoms. The lowest BCUT2D eigenvalue weighted by Gasteiger charge is -2.26. The number of morpholine rings is 1. The molecule has 4 aromatic rings. The van der Waals surface area contributed by atoms with Crippen molar-refractivity contribution in [3.63, 3.8) is 0 Å². The number of rotatable bonds is 4. The fourth-order valence-electron chi connectivity index (χ4n) is 3.67. The van der Waals surface area contributed by atoms with Gasteiger partial charge in [-0.1, -0.05) is 12.1 Å². The Hall–Kier alpha value is -2.26. The van der Waals surface area contributed by atoms with Crippen LogP contribution in [0.25, 0.3) is 25.3 Å². The van der Waals surface area contributed by atoms with Gasteiger partial charge in [0.05, 0.1) is 28.8 Å². The summed E-state index contributed by atoms with van der Waals surface area (Å²) in [5.41, 5.74) is 1.08. The van der Waals surface area contributed by atoms with Crippen molar-refractivity contribution >= 4 is 53.8 Å². The summed E-state index contributed by atoms with van der Waals surface area (Å²) in [5.74, 6) is -0.296. The minimum Gasteiger partial charge on any atom is -0.379 e. The average Bonchev–Trinajstić information content (AvgIpc) is 3.33. The summed E-state index contributed by atoms with van der Waals surface area (Å²) in [6, 6.07) is 9.82. The van der Waals surface area contributed by atoms with Crippen LogP contribution in [0.4, 0.5) is 0 Å². The van der Waals surface area contributed by atoms with Gasteiger partial charge in [0.1, 0.15) is 15.2 Å². The van der Waals surface area contributed by atoms with E-state index < -0.39 is 0 Å². The number of aromatic nitrogens is 1. The van der Waals surface area contributed by atoms with Crippen molar-refractivity contribution < 1.29 is 9.53 Å². The van der Waals surface area contributed by atoms with Gasteiger partial charge in [0.15, 0.2) is 0 Å². The van der Waals surface area contributed by atoms with Gasteiger partial charge in [0.25, 0.3) is 5.91 Å². The van der Waals surface area contributed by atoms with Gasteiger partial charge in [-0.25, -0.2) is 0 Å². The van der Waals surface area contributed by atoms with Crippen LogP contribution in [0.3, 0.4) is 0 Å².